The Morgan fingerprint density at radius 3 is 1.67 bits per heavy atom. The monoisotopic (exact) mass is 576 g/mol. The Labute approximate surface area is 249 Å². The molecule has 10 heteroatoms. The number of pyridine rings is 2. The van der Waals surface area contributed by atoms with Gasteiger partial charge in [-0.3, -0.25) is 0 Å². The van der Waals surface area contributed by atoms with Crippen LogP contribution in [0.4, 0.5) is 11.4 Å². The lowest BCUT2D eigenvalue weighted by molar-refractivity contribution is 0.171. The van der Waals surface area contributed by atoms with Gasteiger partial charge in [0, 0.05) is 80.6 Å². The summed E-state index contributed by atoms with van der Waals surface area (Å²) in [5.41, 5.74) is 7.90. The molecule has 2 aliphatic rings. The van der Waals surface area contributed by atoms with Gasteiger partial charge < -0.3 is 38.0 Å². The predicted octanol–water partition coefficient (Wildman–Crippen LogP) is 5.65. The smallest absolute Gasteiger partial charge is 0.162 e. The van der Waals surface area contributed by atoms with E-state index in [0.29, 0.717) is 26.4 Å². The van der Waals surface area contributed by atoms with Gasteiger partial charge in [0.25, 0.3) is 0 Å². The highest BCUT2D eigenvalue weighted by Crippen LogP contribution is 2.35. The van der Waals surface area contributed by atoms with E-state index < -0.39 is 0 Å². The summed E-state index contributed by atoms with van der Waals surface area (Å²) in [7, 11) is 5.95. The first-order chi connectivity index (χ1) is 21.0. The van der Waals surface area contributed by atoms with E-state index in [9.17, 15) is 0 Å². The van der Waals surface area contributed by atoms with E-state index in [0.717, 1.165) is 68.2 Å². The molecule has 2 aliphatic heterocycles. The van der Waals surface area contributed by atoms with Crippen LogP contribution in [0.15, 0.2) is 85.5 Å². The highest BCUT2D eigenvalue weighted by atomic mass is 16.6. The predicted molar refractivity (Wildman–Crippen MR) is 167 cm³/mol. The van der Waals surface area contributed by atoms with Crippen molar-refractivity contribution in [3.8, 4) is 45.5 Å². The quantitative estimate of drug-likeness (QED) is 0.288. The lowest BCUT2D eigenvalue weighted by Crippen LogP contribution is -2.15. The summed E-state index contributed by atoms with van der Waals surface area (Å²) < 4.78 is 26.4. The minimum Gasteiger partial charge on any atom is -0.486 e. The molecule has 0 spiro atoms. The SMILES string of the molecule is CN(C)c1ccn2cc(-c3ccc4c(c3)OCCO4)nc2c1.CNc1ccn2cc(-c3ccc4c(c3)OCCO4)nc2c1. The molecule has 0 atom stereocenters. The van der Waals surface area contributed by atoms with Crippen LogP contribution in [0.1, 0.15) is 0 Å². The summed E-state index contributed by atoms with van der Waals surface area (Å²) >= 11 is 0. The molecule has 0 unspecified atom stereocenters. The normalized spacial score (nSPS) is 13.4. The summed E-state index contributed by atoms with van der Waals surface area (Å²) in [4.78, 5) is 11.4. The van der Waals surface area contributed by atoms with Crippen LogP contribution in [0.25, 0.3) is 33.8 Å². The first-order valence-electron chi connectivity index (χ1n) is 14.2. The van der Waals surface area contributed by atoms with Crippen molar-refractivity contribution in [2.75, 3.05) is 57.8 Å². The van der Waals surface area contributed by atoms with Crippen molar-refractivity contribution >= 4 is 22.7 Å². The molecule has 0 radical (unpaired) electrons. The number of nitrogens with one attached hydrogen (secondary N) is 1. The molecule has 6 aromatic rings. The topological polar surface area (TPSA) is 86.8 Å². The molecule has 10 nitrogen and oxygen atoms in total. The summed E-state index contributed by atoms with van der Waals surface area (Å²) in [6.07, 6.45) is 8.06. The molecule has 218 valence electrons. The Morgan fingerprint density at radius 1 is 0.628 bits per heavy atom. The van der Waals surface area contributed by atoms with Crippen LogP contribution in [0.2, 0.25) is 0 Å². The van der Waals surface area contributed by atoms with Crippen LogP contribution < -0.4 is 29.2 Å². The van der Waals surface area contributed by atoms with Gasteiger partial charge in [-0.15, -0.1) is 0 Å². The Balaban J connectivity index is 0.000000140. The molecular formula is C33H32N6O4. The average molecular weight is 577 g/mol. The van der Waals surface area contributed by atoms with E-state index in [1.54, 1.807) is 0 Å². The van der Waals surface area contributed by atoms with Crippen LogP contribution in [0.3, 0.4) is 0 Å². The van der Waals surface area contributed by atoms with E-state index in [1.807, 2.05) is 103 Å². The van der Waals surface area contributed by atoms with Gasteiger partial charge in [0.1, 0.15) is 37.7 Å². The fourth-order valence-corrected chi connectivity index (χ4v) is 5.07. The molecule has 0 amide bonds. The number of imidazole rings is 2. The van der Waals surface area contributed by atoms with E-state index in [4.69, 9.17) is 23.9 Å². The van der Waals surface area contributed by atoms with Gasteiger partial charge >= 0.3 is 0 Å². The second-order valence-corrected chi connectivity index (χ2v) is 10.4. The van der Waals surface area contributed by atoms with Crippen LogP contribution >= 0.6 is 0 Å². The van der Waals surface area contributed by atoms with Crippen LogP contribution in [0, 0.1) is 0 Å². The summed E-state index contributed by atoms with van der Waals surface area (Å²) in [6.45, 7) is 2.39. The highest BCUT2D eigenvalue weighted by molar-refractivity contribution is 5.69. The molecule has 0 saturated carbocycles. The van der Waals surface area contributed by atoms with Crippen molar-refractivity contribution in [3.05, 3.63) is 85.5 Å². The highest BCUT2D eigenvalue weighted by Gasteiger charge is 2.15. The largest absolute Gasteiger partial charge is 0.486 e. The summed E-state index contributed by atoms with van der Waals surface area (Å²) in [5, 5.41) is 3.12. The molecule has 0 saturated heterocycles. The Kier molecular flexibility index (Phi) is 6.86. The number of fused-ring (bicyclic) bond motifs is 4. The second-order valence-electron chi connectivity index (χ2n) is 10.4. The molecule has 0 bridgehead atoms. The number of rotatable bonds is 4. The number of nitrogens with zero attached hydrogens (tertiary/aromatic N) is 5. The molecule has 6 heterocycles. The molecule has 8 rings (SSSR count). The summed E-state index contributed by atoms with van der Waals surface area (Å²) in [6, 6.07) is 20.0. The maximum Gasteiger partial charge on any atom is 0.162 e. The maximum absolute atomic E-state index is 5.64. The summed E-state index contributed by atoms with van der Waals surface area (Å²) in [5.74, 6) is 3.17. The van der Waals surface area contributed by atoms with E-state index in [2.05, 4.69) is 27.3 Å². The molecule has 0 fully saturated rings. The third kappa shape index (κ3) is 5.34. The van der Waals surface area contributed by atoms with E-state index >= 15 is 0 Å². The molecule has 4 aromatic heterocycles. The van der Waals surface area contributed by atoms with Crippen molar-refractivity contribution in [3.63, 3.8) is 0 Å². The zero-order chi connectivity index (χ0) is 29.3. The minimum atomic E-state index is 0.590. The van der Waals surface area contributed by atoms with Crippen LogP contribution in [-0.4, -0.2) is 66.3 Å². The number of anilines is 2. The average Bonchev–Trinajstić information content (AvgIpc) is 3.68. The van der Waals surface area contributed by atoms with Gasteiger partial charge in [-0.2, -0.15) is 0 Å². The number of hydrogen-bond donors (Lipinski definition) is 1. The van der Waals surface area contributed by atoms with Gasteiger partial charge in [-0.25, -0.2) is 9.97 Å². The lowest BCUT2D eigenvalue weighted by Gasteiger charge is -2.18. The number of ether oxygens (including phenoxy) is 4. The standard InChI is InChI=1S/C17H17N3O2.C16H15N3O2/c1-19(2)13-5-6-20-11-14(18-17(20)10-13)12-3-4-15-16(9-12)22-8-7-21-15;1-17-12-4-5-19-10-13(18-16(19)9-12)11-2-3-14-15(8-11)21-7-6-20-14/h3-6,9-11H,7-8H2,1-2H3;2-5,8-10,17H,6-7H2,1H3. The third-order valence-corrected chi connectivity index (χ3v) is 7.38. The van der Waals surface area contributed by atoms with Crippen LogP contribution in [0.5, 0.6) is 23.0 Å². The molecule has 0 aliphatic carbocycles. The molecular weight excluding hydrogens is 544 g/mol. The van der Waals surface area contributed by atoms with Gasteiger partial charge in [0.05, 0.1) is 11.4 Å². The fraction of sp³-hybridized carbons (Fsp3) is 0.212. The van der Waals surface area contributed by atoms with Crippen molar-refractivity contribution in [2.45, 2.75) is 0 Å². The van der Waals surface area contributed by atoms with E-state index in [-0.39, 0.29) is 0 Å². The van der Waals surface area contributed by atoms with Gasteiger partial charge in [0.2, 0.25) is 0 Å². The van der Waals surface area contributed by atoms with Crippen molar-refractivity contribution < 1.29 is 18.9 Å². The zero-order valence-electron chi connectivity index (χ0n) is 24.3. The fourth-order valence-electron chi connectivity index (χ4n) is 5.07. The van der Waals surface area contributed by atoms with Gasteiger partial charge in [-0.05, 0) is 48.5 Å². The number of benzene rings is 2. The van der Waals surface area contributed by atoms with Gasteiger partial charge in [-0.1, -0.05) is 0 Å². The zero-order valence-corrected chi connectivity index (χ0v) is 24.3. The number of hydrogen-bond acceptors (Lipinski definition) is 8. The van der Waals surface area contributed by atoms with Gasteiger partial charge in [0.15, 0.2) is 23.0 Å². The first-order valence-corrected chi connectivity index (χ1v) is 14.2. The van der Waals surface area contributed by atoms with Crippen molar-refractivity contribution in [1.82, 2.24) is 18.8 Å². The second kappa shape index (κ2) is 11.1. The molecule has 43 heavy (non-hydrogen) atoms. The molecule has 1 N–H and O–H groups in total. The van der Waals surface area contributed by atoms with E-state index in [1.165, 1.54) is 0 Å². The molecule has 2 aromatic carbocycles. The maximum atomic E-state index is 5.64. The Hall–Kier alpha value is -5.38. The Morgan fingerprint density at radius 2 is 1.14 bits per heavy atom. The lowest BCUT2D eigenvalue weighted by atomic mass is 10.1. The van der Waals surface area contributed by atoms with Crippen LogP contribution in [-0.2, 0) is 0 Å². The Bertz CT molecular complexity index is 1930. The third-order valence-electron chi connectivity index (χ3n) is 7.38. The first kappa shape index (κ1) is 26.5. The number of aromatic nitrogens is 4. The van der Waals surface area contributed by atoms with Crippen molar-refractivity contribution in [1.29, 1.82) is 0 Å². The van der Waals surface area contributed by atoms with Crippen molar-refractivity contribution in [2.24, 2.45) is 0 Å². The minimum absolute atomic E-state index is 0.590.